The van der Waals surface area contributed by atoms with Gasteiger partial charge in [0, 0.05) is 11.3 Å². The molecular formula is C24H30N2. The molecule has 2 heteroatoms. The zero-order valence-electron chi connectivity index (χ0n) is 16.1. The molecule has 0 saturated heterocycles. The van der Waals surface area contributed by atoms with Crippen LogP contribution in [0.1, 0.15) is 61.3 Å². The van der Waals surface area contributed by atoms with Crippen LogP contribution in [0.25, 0.3) is 16.8 Å². The summed E-state index contributed by atoms with van der Waals surface area (Å²) in [6, 6.07) is 11.3. The minimum absolute atomic E-state index is 0.405. The van der Waals surface area contributed by atoms with E-state index in [1.54, 1.807) is 6.20 Å². The van der Waals surface area contributed by atoms with Crippen LogP contribution in [0.5, 0.6) is 0 Å². The average molecular weight is 347 g/mol. The molecular weight excluding hydrogens is 316 g/mol. The number of anilines is 1. The van der Waals surface area contributed by atoms with E-state index < -0.39 is 0 Å². The maximum absolute atomic E-state index is 6.07. The lowest BCUT2D eigenvalue weighted by molar-refractivity contribution is 0.686. The molecule has 2 aromatic rings. The number of hydrogen-bond donors (Lipinski definition) is 2. The molecule has 2 nitrogen and oxygen atoms in total. The maximum atomic E-state index is 6.07. The lowest BCUT2D eigenvalue weighted by Crippen LogP contribution is -2.08. The van der Waals surface area contributed by atoms with Crippen molar-refractivity contribution in [2.24, 2.45) is 5.73 Å². The predicted molar refractivity (Wildman–Crippen MR) is 114 cm³/mol. The first-order valence-corrected chi connectivity index (χ1v) is 9.68. The van der Waals surface area contributed by atoms with Gasteiger partial charge in [-0.1, -0.05) is 57.3 Å². The fraction of sp³-hybridized carbons (Fsp3) is 0.333. The molecule has 3 rings (SSSR count). The third-order valence-electron chi connectivity index (χ3n) is 5.60. The molecule has 136 valence electrons. The Morgan fingerprint density at radius 1 is 1.19 bits per heavy atom. The Hall–Kier alpha value is -2.48. The number of nitrogens with two attached hydrogens (primary N) is 1. The second-order valence-electron chi connectivity index (χ2n) is 7.32. The summed E-state index contributed by atoms with van der Waals surface area (Å²) in [5.74, 6) is 0.405. The SMILES string of the molecule is C=CNc1c(C(=C)N)ccc(-c2ccc3c(c2)CCCC3)c1C(C)CC. The Morgan fingerprint density at radius 2 is 1.92 bits per heavy atom. The number of hydrogen-bond acceptors (Lipinski definition) is 2. The van der Waals surface area contributed by atoms with E-state index in [-0.39, 0.29) is 0 Å². The van der Waals surface area contributed by atoms with Crippen molar-refractivity contribution in [3.05, 3.63) is 71.9 Å². The molecule has 0 bridgehead atoms. The van der Waals surface area contributed by atoms with Crippen molar-refractivity contribution in [1.82, 2.24) is 0 Å². The summed E-state index contributed by atoms with van der Waals surface area (Å²) in [5.41, 5.74) is 15.5. The summed E-state index contributed by atoms with van der Waals surface area (Å²) >= 11 is 0. The molecule has 3 N–H and O–H groups in total. The maximum Gasteiger partial charge on any atom is 0.0515 e. The molecule has 0 radical (unpaired) electrons. The van der Waals surface area contributed by atoms with E-state index in [4.69, 9.17) is 5.73 Å². The van der Waals surface area contributed by atoms with Gasteiger partial charge in [0.05, 0.1) is 5.69 Å². The van der Waals surface area contributed by atoms with Crippen LogP contribution in [0, 0.1) is 0 Å². The number of rotatable bonds is 6. The summed E-state index contributed by atoms with van der Waals surface area (Å²) in [4.78, 5) is 0. The van der Waals surface area contributed by atoms with E-state index in [2.05, 4.69) is 62.7 Å². The number of fused-ring (bicyclic) bond motifs is 1. The highest BCUT2D eigenvalue weighted by Crippen LogP contribution is 2.40. The van der Waals surface area contributed by atoms with E-state index >= 15 is 0 Å². The molecule has 26 heavy (non-hydrogen) atoms. The number of aryl methyl sites for hydroxylation is 2. The van der Waals surface area contributed by atoms with Gasteiger partial charge in [0.2, 0.25) is 0 Å². The van der Waals surface area contributed by atoms with Gasteiger partial charge in [-0.25, -0.2) is 0 Å². The van der Waals surface area contributed by atoms with E-state index in [9.17, 15) is 0 Å². The van der Waals surface area contributed by atoms with Gasteiger partial charge in [0.25, 0.3) is 0 Å². The number of nitrogens with one attached hydrogen (secondary N) is 1. The fourth-order valence-electron chi connectivity index (χ4n) is 4.01. The van der Waals surface area contributed by atoms with Crippen LogP contribution in [-0.2, 0) is 12.8 Å². The summed E-state index contributed by atoms with van der Waals surface area (Å²) in [5, 5.41) is 3.34. The molecule has 2 aromatic carbocycles. The van der Waals surface area contributed by atoms with Gasteiger partial charge < -0.3 is 11.1 Å². The Labute approximate surface area is 157 Å². The van der Waals surface area contributed by atoms with Crippen LogP contribution in [0.2, 0.25) is 0 Å². The first-order valence-electron chi connectivity index (χ1n) is 9.68. The van der Waals surface area contributed by atoms with Gasteiger partial charge in [-0.05, 0) is 72.0 Å². The minimum Gasteiger partial charge on any atom is -0.399 e. The molecule has 0 amide bonds. The van der Waals surface area contributed by atoms with Crippen molar-refractivity contribution >= 4 is 11.4 Å². The standard InChI is InChI=1S/C24H30N2/c1-5-16(3)23-22(14-13-21(17(4)25)24(23)26-6-2)20-12-11-18-9-7-8-10-19(18)15-20/h6,11-16,26H,2,4-5,7-10,25H2,1,3H3. The highest BCUT2D eigenvalue weighted by Gasteiger charge is 2.20. The Balaban J connectivity index is 2.22. The molecule has 0 saturated carbocycles. The largest absolute Gasteiger partial charge is 0.399 e. The summed E-state index contributed by atoms with van der Waals surface area (Å²) in [7, 11) is 0. The average Bonchev–Trinajstić information content (AvgIpc) is 2.66. The minimum atomic E-state index is 0.405. The summed E-state index contributed by atoms with van der Waals surface area (Å²) < 4.78 is 0. The van der Waals surface area contributed by atoms with Crippen molar-refractivity contribution in [2.75, 3.05) is 5.32 Å². The molecule has 1 aliphatic carbocycles. The smallest absolute Gasteiger partial charge is 0.0515 e. The summed E-state index contributed by atoms with van der Waals surface area (Å²) in [6.07, 6.45) is 7.80. The first-order chi connectivity index (χ1) is 12.6. The van der Waals surface area contributed by atoms with E-state index in [0.717, 1.165) is 17.7 Å². The van der Waals surface area contributed by atoms with Crippen molar-refractivity contribution in [2.45, 2.75) is 51.9 Å². The van der Waals surface area contributed by atoms with Gasteiger partial charge in [0.15, 0.2) is 0 Å². The Morgan fingerprint density at radius 3 is 2.58 bits per heavy atom. The van der Waals surface area contributed by atoms with Crippen LogP contribution in [0.3, 0.4) is 0 Å². The van der Waals surface area contributed by atoms with Crippen molar-refractivity contribution in [3.63, 3.8) is 0 Å². The normalized spacial score (nSPS) is 14.4. The molecule has 0 heterocycles. The van der Waals surface area contributed by atoms with Gasteiger partial charge >= 0.3 is 0 Å². The highest BCUT2D eigenvalue weighted by atomic mass is 14.9. The van der Waals surface area contributed by atoms with Gasteiger partial charge in [-0.2, -0.15) is 0 Å². The summed E-state index contributed by atoms with van der Waals surface area (Å²) in [6.45, 7) is 12.3. The third-order valence-corrected chi connectivity index (χ3v) is 5.60. The van der Waals surface area contributed by atoms with Crippen LogP contribution < -0.4 is 11.1 Å². The van der Waals surface area contributed by atoms with E-state index in [0.29, 0.717) is 11.6 Å². The zero-order valence-corrected chi connectivity index (χ0v) is 16.1. The third kappa shape index (κ3) is 3.41. The van der Waals surface area contributed by atoms with Crippen LogP contribution in [0.15, 0.2) is 49.7 Å². The van der Waals surface area contributed by atoms with Crippen LogP contribution in [-0.4, -0.2) is 0 Å². The highest BCUT2D eigenvalue weighted by molar-refractivity contribution is 5.84. The molecule has 0 spiro atoms. The lowest BCUT2D eigenvalue weighted by atomic mass is 9.84. The van der Waals surface area contributed by atoms with Crippen molar-refractivity contribution < 1.29 is 0 Å². The van der Waals surface area contributed by atoms with Gasteiger partial charge in [0.1, 0.15) is 0 Å². The second kappa shape index (κ2) is 7.82. The molecule has 1 atom stereocenters. The van der Waals surface area contributed by atoms with E-state index in [1.807, 2.05) is 0 Å². The van der Waals surface area contributed by atoms with Crippen molar-refractivity contribution in [1.29, 1.82) is 0 Å². The van der Waals surface area contributed by atoms with Crippen molar-refractivity contribution in [3.8, 4) is 11.1 Å². The monoisotopic (exact) mass is 346 g/mol. The first kappa shape index (κ1) is 18.3. The van der Waals surface area contributed by atoms with Crippen LogP contribution >= 0.6 is 0 Å². The molecule has 0 fully saturated rings. The lowest BCUT2D eigenvalue weighted by Gasteiger charge is -2.24. The molecule has 1 unspecified atom stereocenters. The van der Waals surface area contributed by atoms with Crippen LogP contribution in [0.4, 0.5) is 5.69 Å². The Kier molecular flexibility index (Phi) is 5.51. The Bertz CT molecular complexity index is 832. The predicted octanol–water partition coefficient (Wildman–Crippen LogP) is 6.23. The van der Waals surface area contributed by atoms with E-state index in [1.165, 1.54) is 53.5 Å². The molecule has 0 aliphatic heterocycles. The molecule has 1 aliphatic rings. The molecule has 0 aromatic heterocycles. The zero-order chi connectivity index (χ0) is 18.7. The van der Waals surface area contributed by atoms with Gasteiger partial charge in [-0.3, -0.25) is 0 Å². The number of benzene rings is 2. The topological polar surface area (TPSA) is 38.0 Å². The fourth-order valence-corrected chi connectivity index (χ4v) is 4.01. The van der Waals surface area contributed by atoms with Gasteiger partial charge in [-0.15, -0.1) is 0 Å². The quantitative estimate of drug-likeness (QED) is 0.650. The second-order valence-corrected chi connectivity index (χ2v) is 7.32.